The van der Waals surface area contributed by atoms with Crippen molar-refractivity contribution < 1.29 is 4.79 Å². The Morgan fingerprint density at radius 3 is 1.62 bits per heavy atom. The van der Waals surface area contributed by atoms with E-state index in [-0.39, 0.29) is 5.91 Å². The molecule has 0 unspecified atom stereocenters. The first-order chi connectivity index (χ1) is 16.6. The molecule has 0 aliphatic heterocycles. The summed E-state index contributed by atoms with van der Waals surface area (Å²) < 4.78 is 2.25. The van der Waals surface area contributed by atoms with Gasteiger partial charge in [0.05, 0.1) is 11.4 Å². The molecule has 1 heterocycles. The molecule has 3 heteroatoms. The van der Waals surface area contributed by atoms with Crippen molar-refractivity contribution in [2.75, 3.05) is 5.32 Å². The number of hydrogen-bond acceptors (Lipinski definition) is 1. The van der Waals surface area contributed by atoms with E-state index < -0.39 is 0 Å². The van der Waals surface area contributed by atoms with E-state index in [0.717, 1.165) is 45.0 Å². The van der Waals surface area contributed by atoms with Crippen molar-refractivity contribution in [2.24, 2.45) is 0 Å². The summed E-state index contributed by atoms with van der Waals surface area (Å²) in [6.07, 6.45) is 0. The minimum Gasteiger partial charge on any atom is -0.322 e. The van der Waals surface area contributed by atoms with Gasteiger partial charge < -0.3 is 9.88 Å². The first kappa shape index (κ1) is 21.5. The van der Waals surface area contributed by atoms with E-state index in [0.29, 0.717) is 5.56 Å². The molecular weight excluding hydrogens is 416 g/mol. The summed E-state index contributed by atoms with van der Waals surface area (Å²) in [4.78, 5) is 12.9. The number of rotatable bonds is 5. The average Bonchev–Trinajstić information content (AvgIpc) is 3.30. The third kappa shape index (κ3) is 4.41. The molecular formula is C31H26N2O. The standard InChI is InChI=1S/C31H26N2O/c1-22-19-23(2)21-27(20-22)32-31(34)26-13-15-28(16-14-26)33-29(24-9-5-3-6-10-24)17-18-30(33)25-11-7-4-8-12-25/h3-21H,1-2H3,(H,32,34). The SMILES string of the molecule is Cc1cc(C)cc(NC(=O)c2ccc(-n3c(-c4ccccc4)ccc3-c3ccccc3)cc2)c1. The second kappa shape index (κ2) is 9.24. The number of aromatic nitrogens is 1. The molecule has 0 saturated carbocycles. The van der Waals surface area contributed by atoms with Crippen molar-refractivity contribution in [3.05, 3.63) is 132 Å². The normalized spacial score (nSPS) is 10.8. The lowest BCUT2D eigenvalue weighted by Gasteiger charge is -2.15. The molecule has 3 nitrogen and oxygen atoms in total. The van der Waals surface area contributed by atoms with E-state index in [1.807, 2.05) is 62.4 Å². The molecule has 0 spiro atoms. The van der Waals surface area contributed by atoms with Gasteiger partial charge in [-0.15, -0.1) is 0 Å². The van der Waals surface area contributed by atoms with Gasteiger partial charge in [0.25, 0.3) is 5.91 Å². The summed E-state index contributed by atoms with van der Waals surface area (Å²) in [5.41, 5.74) is 9.18. The summed E-state index contributed by atoms with van der Waals surface area (Å²) in [5, 5.41) is 3.02. The van der Waals surface area contributed by atoms with Gasteiger partial charge in [-0.3, -0.25) is 4.79 Å². The zero-order valence-corrected chi connectivity index (χ0v) is 19.3. The van der Waals surface area contributed by atoms with Crippen LogP contribution in [0.15, 0.2) is 115 Å². The molecule has 0 atom stereocenters. The molecule has 0 saturated heterocycles. The van der Waals surface area contributed by atoms with Crippen LogP contribution in [0.1, 0.15) is 21.5 Å². The Kier molecular flexibility index (Phi) is 5.84. The molecule has 1 amide bonds. The van der Waals surface area contributed by atoms with Crippen LogP contribution in [0.3, 0.4) is 0 Å². The topological polar surface area (TPSA) is 34.0 Å². The minimum absolute atomic E-state index is 0.115. The zero-order valence-electron chi connectivity index (χ0n) is 19.3. The summed E-state index contributed by atoms with van der Waals surface area (Å²) in [6, 6.07) is 38.9. The van der Waals surface area contributed by atoms with Crippen LogP contribution >= 0.6 is 0 Å². The molecule has 166 valence electrons. The molecule has 0 aliphatic carbocycles. The molecule has 1 aromatic heterocycles. The van der Waals surface area contributed by atoms with Crippen molar-refractivity contribution in [3.8, 4) is 28.2 Å². The maximum Gasteiger partial charge on any atom is 0.255 e. The van der Waals surface area contributed by atoms with Gasteiger partial charge in [-0.25, -0.2) is 0 Å². The van der Waals surface area contributed by atoms with Crippen LogP contribution in [0, 0.1) is 13.8 Å². The van der Waals surface area contributed by atoms with Gasteiger partial charge >= 0.3 is 0 Å². The number of amides is 1. The molecule has 5 rings (SSSR count). The van der Waals surface area contributed by atoms with Crippen molar-refractivity contribution in [1.29, 1.82) is 0 Å². The van der Waals surface area contributed by atoms with Gasteiger partial charge in [0.1, 0.15) is 0 Å². The average molecular weight is 443 g/mol. The second-order valence-electron chi connectivity index (χ2n) is 8.55. The molecule has 0 fully saturated rings. The number of carbonyl (C=O) groups is 1. The molecule has 1 N–H and O–H groups in total. The Morgan fingerprint density at radius 2 is 1.12 bits per heavy atom. The summed E-state index contributed by atoms with van der Waals surface area (Å²) in [7, 11) is 0. The van der Waals surface area contributed by atoms with Gasteiger partial charge in [-0.2, -0.15) is 0 Å². The first-order valence-corrected chi connectivity index (χ1v) is 11.4. The summed E-state index contributed by atoms with van der Waals surface area (Å²) in [6.45, 7) is 4.06. The fourth-order valence-electron chi connectivity index (χ4n) is 4.40. The van der Waals surface area contributed by atoms with Gasteiger partial charge in [0, 0.05) is 16.9 Å². The largest absolute Gasteiger partial charge is 0.322 e. The fourth-order valence-corrected chi connectivity index (χ4v) is 4.40. The van der Waals surface area contributed by atoms with Crippen LogP contribution < -0.4 is 5.32 Å². The Balaban J connectivity index is 1.51. The van der Waals surface area contributed by atoms with Crippen LogP contribution in [0.5, 0.6) is 0 Å². The zero-order chi connectivity index (χ0) is 23.5. The molecule has 34 heavy (non-hydrogen) atoms. The van der Waals surface area contributed by atoms with Crippen LogP contribution in [0.4, 0.5) is 5.69 Å². The maximum atomic E-state index is 12.9. The molecule has 0 aliphatic rings. The van der Waals surface area contributed by atoms with E-state index in [1.54, 1.807) is 0 Å². The second-order valence-corrected chi connectivity index (χ2v) is 8.55. The number of benzene rings is 4. The third-order valence-corrected chi connectivity index (χ3v) is 5.89. The Morgan fingerprint density at radius 1 is 0.618 bits per heavy atom. The van der Waals surface area contributed by atoms with Crippen LogP contribution in [0.2, 0.25) is 0 Å². The number of hydrogen-bond donors (Lipinski definition) is 1. The predicted molar refractivity (Wildman–Crippen MR) is 141 cm³/mol. The Labute approximate surface area is 200 Å². The number of aryl methyl sites for hydroxylation is 2. The molecule has 5 aromatic rings. The maximum absolute atomic E-state index is 12.9. The van der Waals surface area contributed by atoms with Crippen molar-refractivity contribution >= 4 is 11.6 Å². The fraction of sp³-hybridized carbons (Fsp3) is 0.0645. The summed E-state index contributed by atoms with van der Waals surface area (Å²) >= 11 is 0. The highest BCUT2D eigenvalue weighted by atomic mass is 16.1. The van der Waals surface area contributed by atoms with Crippen molar-refractivity contribution in [3.63, 3.8) is 0 Å². The molecule has 0 bridgehead atoms. The third-order valence-electron chi connectivity index (χ3n) is 5.89. The van der Waals surface area contributed by atoms with Crippen molar-refractivity contribution in [1.82, 2.24) is 4.57 Å². The lowest BCUT2D eigenvalue weighted by Crippen LogP contribution is -2.12. The predicted octanol–water partition coefficient (Wildman–Crippen LogP) is 7.68. The monoisotopic (exact) mass is 442 g/mol. The van der Waals surface area contributed by atoms with E-state index in [1.165, 1.54) is 0 Å². The first-order valence-electron chi connectivity index (χ1n) is 11.4. The van der Waals surface area contributed by atoms with E-state index in [9.17, 15) is 4.79 Å². The number of nitrogens with zero attached hydrogens (tertiary/aromatic N) is 1. The van der Waals surface area contributed by atoms with Crippen LogP contribution in [-0.4, -0.2) is 10.5 Å². The minimum atomic E-state index is -0.115. The lowest BCUT2D eigenvalue weighted by atomic mass is 10.1. The smallest absolute Gasteiger partial charge is 0.255 e. The number of carbonyl (C=O) groups excluding carboxylic acids is 1. The molecule has 4 aromatic carbocycles. The quantitative estimate of drug-likeness (QED) is 0.297. The van der Waals surface area contributed by atoms with Gasteiger partial charge in [0.2, 0.25) is 0 Å². The Hall–Kier alpha value is -4.37. The van der Waals surface area contributed by atoms with Crippen LogP contribution in [-0.2, 0) is 0 Å². The Bertz CT molecular complexity index is 1360. The highest BCUT2D eigenvalue weighted by molar-refractivity contribution is 6.04. The highest BCUT2D eigenvalue weighted by Crippen LogP contribution is 2.32. The van der Waals surface area contributed by atoms with Crippen LogP contribution in [0.25, 0.3) is 28.2 Å². The van der Waals surface area contributed by atoms with Gasteiger partial charge in [-0.1, -0.05) is 66.7 Å². The van der Waals surface area contributed by atoms with E-state index in [4.69, 9.17) is 0 Å². The number of anilines is 1. The van der Waals surface area contributed by atoms with Gasteiger partial charge in [-0.05, 0) is 84.6 Å². The summed E-state index contributed by atoms with van der Waals surface area (Å²) in [5.74, 6) is -0.115. The lowest BCUT2D eigenvalue weighted by molar-refractivity contribution is 0.102. The van der Waals surface area contributed by atoms with Crippen molar-refractivity contribution in [2.45, 2.75) is 13.8 Å². The highest BCUT2D eigenvalue weighted by Gasteiger charge is 2.14. The van der Waals surface area contributed by atoms with Gasteiger partial charge in [0.15, 0.2) is 0 Å². The number of nitrogens with one attached hydrogen (secondary N) is 1. The van der Waals surface area contributed by atoms with E-state index in [2.05, 4.69) is 76.6 Å². The van der Waals surface area contributed by atoms with E-state index >= 15 is 0 Å². The molecule has 0 radical (unpaired) electrons.